The number of aromatic carboxylic acids is 1. The molecule has 3 N–H and O–H groups in total. The van der Waals surface area contributed by atoms with Crippen molar-refractivity contribution in [1.29, 1.82) is 0 Å². The molecule has 0 saturated carbocycles. The molecule has 0 bridgehead atoms. The van der Waals surface area contributed by atoms with E-state index in [1.54, 1.807) is 24.3 Å². The van der Waals surface area contributed by atoms with E-state index in [2.05, 4.69) is 10.0 Å². The molecule has 0 aliphatic rings. The first-order chi connectivity index (χ1) is 15.3. The van der Waals surface area contributed by atoms with Gasteiger partial charge in [0.15, 0.2) is 11.5 Å². The van der Waals surface area contributed by atoms with Crippen molar-refractivity contribution < 1.29 is 32.2 Å². The predicted octanol–water partition coefficient (Wildman–Crippen LogP) is 3.13. The molecule has 9 nitrogen and oxygen atoms in total. The Labute approximate surface area is 186 Å². The molecule has 1 aromatic heterocycles. The standard InChI is InChI=1S/C22H24N2O7S/c1-29-19-8-5-15(12-20(19)30-2)9-10-24-32(27,28)21-13-16(22(25)26)6-7-18(21)23-14-17-4-3-11-31-17/h3-8,11-13,23-24H,9-10,14H2,1-2H3,(H,25,26). The number of methoxy groups -OCH3 is 2. The van der Waals surface area contributed by atoms with E-state index in [1.165, 1.54) is 32.6 Å². The Bertz CT molecular complexity index is 1170. The highest BCUT2D eigenvalue weighted by atomic mass is 32.2. The van der Waals surface area contributed by atoms with Gasteiger partial charge in [0.1, 0.15) is 10.7 Å². The summed E-state index contributed by atoms with van der Waals surface area (Å²) in [7, 11) is -0.938. The monoisotopic (exact) mass is 460 g/mol. The molecule has 0 spiro atoms. The van der Waals surface area contributed by atoms with Crippen molar-refractivity contribution in [2.24, 2.45) is 0 Å². The number of nitrogens with one attached hydrogen (secondary N) is 2. The highest BCUT2D eigenvalue weighted by Gasteiger charge is 2.21. The molecule has 0 saturated heterocycles. The van der Waals surface area contributed by atoms with Crippen LogP contribution in [0.4, 0.5) is 5.69 Å². The lowest BCUT2D eigenvalue weighted by Crippen LogP contribution is -2.27. The van der Waals surface area contributed by atoms with Gasteiger partial charge in [0.25, 0.3) is 0 Å². The van der Waals surface area contributed by atoms with Gasteiger partial charge < -0.3 is 24.3 Å². The number of ether oxygens (including phenoxy) is 2. The minimum atomic E-state index is -4.00. The minimum absolute atomic E-state index is 0.104. The second kappa shape index (κ2) is 10.2. The second-order valence-electron chi connectivity index (χ2n) is 6.79. The number of hydrogen-bond acceptors (Lipinski definition) is 7. The zero-order valence-corrected chi connectivity index (χ0v) is 18.4. The van der Waals surface area contributed by atoms with Gasteiger partial charge in [0, 0.05) is 6.54 Å². The third-order valence-corrected chi connectivity index (χ3v) is 6.21. The zero-order chi connectivity index (χ0) is 23.1. The first kappa shape index (κ1) is 23.2. The van der Waals surface area contributed by atoms with Gasteiger partial charge in [-0.15, -0.1) is 0 Å². The van der Waals surface area contributed by atoms with E-state index in [4.69, 9.17) is 13.9 Å². The molecule has 0 radical (unpaired) electrons. The Morgan fingerprint density at radius 3 is 2.50 bits per heavy atom. The van der Waals surface area contributed by atoms with Gasteiger partial charge in [-0.05, 0) is 54.4 Å². The van der Waals surface area contributed by atoms with Crippen LogP contribution in [0.1, 0.15) is 21.7 Å². The van der Waals surface area contributed by atoms with Crippen LogP contribution in [0.2, 0.25) is 0 Å². The molecule has 0 unspecified atom stereocenters. The van der Waals surface area contributed by atoms with Crippen molar-refractivity contribution in [1.82, 2.24) is 4.72 Å². The van der Waals surface area contributed by atoms with Gasteiger partial charge in [-0.2, -0.15) is 0 Å². The Morgan fingerprint density at radius 2 is 1.84 bits per heavy atom. The third kappa shape index (κ3) is 5.59. The number of rotatable bonds is 11. The predicted molar refractivity (Wildman–Crippen MR) is 118 cm³/mol. The van der Waals surface area contributed by atoms with Crippen LogP contribution in [0.3, 0.4) is 0 Å². The fourth-order valence-corrected chi connectivity index (χ4v) is 4.30. The minimum Gasteiger partial charge on any atom is -0.493 e. The summed E-state index contributed by atoms with van der Waals surface area (Å²) in [5, 5.41) is 12.3. The lowest BCUT2D eigenvalue weighted by molar-refractivity contribution is 0.0696. The Balaban J connectivity index is 1.76. The van der Waals surface area contributed by atoms with E-state index >= 15 is 0 Å². The molecule has 3 rings (SSSR count). The fourth-order valence-electron chi connectivity index (χ4n) is 3.06. The molecule has 3 aromatic rings. The Kier molecular flexibility index (Phi) is 7.39. The summed E-state index contributed by atoms with van der Waals surface area (Å²) in [4.78, 5) is 11.2. The van der Waals surface area contributed by atoms with Crippen LogP contribution >= 0.6 is 0 Å². The van der Waals surface area contributed by atoms with Crippen molar-refractivity contribution in [2.45, 2.75) is 17.9 Å². The van der Waals surface area contributed by atoms with E-state index in [0.29, 0.717) is 23.7 Å². The van der Waals surface area contributed by atoms with Gasteiger partial charge in [0.2, 0.25) is 10.0 Å². The number of carboxylic acids is 1. The summed E-state index contributed by atoms with van der Waals surface area (Å²) in [5.74, 6) is 0.516. The van der Waals surface area contributed by atoms with Crippen molar-refractivity contribution in [3.05, 3.63) is 71.7 Å². The normalized spacial score (nSPS) is 11.2. The van der Waals surface area contributed by atoms with Gasteiger partial charge in [-0.3, -0.25) is 0 Å². The molecule has 0 amide bonds. The molecule has 170 valence electrons. The second-order valence-corrected chi connectivity index (χ2v) is 8.52. The van der Waals surface area contributed by atoms with Gasteiger partial charge in [-0.1, -0.05) is 6.07 Å². The number of hydrogen-bond donors (Lipinski definition) is 3. The quantitative estimate of drug-likeness (QED) is 0.398. The van der Waals surface area contributed by atoms with E-state index in [1.807, 2.05) is 6.07 Å². The Hall–Kier alpha value is -3.50. The summed E-state index contributed by atoms with van der Waals surface area (Å²) < 4.78 is 44.2. The molecule has 10 heteroatoms. The molecule has 32 heavy (non-hydrogen) atoms. The topological polar surface area (TPSA) is 127 Å². The summed E-state index contributed by atoms with van der Waals surface area (Å²) >= 11 is 0. The van der Waals surface area contributed by atoms with Crippen LogP contribution in [0.5, 0.6) is 11.5 Å². The number of furan rings is 1. The number of benzene rings is 2. The van der Waals surface area contributed by atoms with Gasteiger partial charge in [0.05, 0.1) is 38.3 Å². The fraction of sp³-hybridized carbons (Fsp3) is 0.227. The van der Waals surface area contributed by atoms with E-state index < -0.39 is 16.0 Å². The van der Waals surface area contributed by atoms with Crippen LogP contribution in [-0.2, 0) is 23.0 Å². The van der Waals surface area contributed by atoms with Crippen LogP contribution in [0.25, 0.3) is 0 Å². The molecule has 0 aliphatic heterocycles. The van der Waals surface area contributed by atoms with Crippen molar-refractivity contribution >= 4 is 21.7 Å². The van der Waals surface area contributed by atoms with Crippen LogP contribution in [-0.4, -0.2) is 40.3 Å². The van der Waals surface area contributed by atoms with Gasteiger partial charge >= 0.3 is 5.97 Å². The lowest BCUT2D eigenvalue weighted by atomic mass is 10.1. The molecular weight excluding hydrogens is 436 g/mol. The third-order valence-electron chi connectivity index (χ3n) is 4.70. The van der Waals surface area contributed by atoms with E-state index in [9.17, 15) is 18.3 Å². The van der Waals surface area contributed by atoms with Crippen molar-refractivity contribution in [3.63, 3.8) is 0 Å². The SMILES string of the molecule is COc1ccc(CCNS(=O)(=O)c2cc(C(=O)O)ccc2NCc2ccco2)cc1OC. The maximum absolute atomic E-state index is 13.0. The van der Waals surface area contributed by atoms with E-state index in [0.717, 1.165) is 11.6 Å². The smallest absolute Gasteiger partial charge is 0.335 e. The molecule has 0 atom stereocenters. The maximum atomic E-state index is 13.0. The zero-order valence-electron chi connectivity index (χ0n) is 17.6. The average Bonchev–Trinajstić information content (AvgIpc) is 3.31. The lowest BCUT2D eigenvalue weighted by Gasteiger charge is -2.14. The highest BCUT2D eigenvalue weighted by molar-refractivity contribution is 7.89. The highest BCUT2D eigenvalue weighted by Crippen LogP contribution is 2.28. The van der Waals surface area contributed by atoms with Crippen LogP contribution in [0, 0.1) is 0 Å². The molecule has 1 heterocycles. The molecular formula is C22H24N2O7S. The summed E-state index contributed by atoms with van der Waals surface area (Å²) in [6.07, 6.45) is 1.91. The average molecular weight is 461 g/mol. The largest absolute Gasteiger partial charge is 0.493 e. The number of sulfonamides is 1. The molecule has 0 aliphatic carbocycles. The van der Waals surface area contributed by atoms with E-state index in [-0.39, 0.29) is 29.2 Å². The first-order valence-corrected chi connectivity index (χ1v) is 11.2. The summed E-state index contributed by atoms with van der Waals surface area (Å²) in [6, 6.07) is 12.7. The van der Waals surface area contributed by atoms with Crippen molar-refractivity contribution in [2.75, 3.05) is 26.1 Å². The number of carboxylic acid groups (broad SMARTS) is 1. The summed E-state index contributed by atoms with van der Waals surface area (Å²) in [6.45, 7) is 0.348. The summed E-state index contributed by atoms with van der Waals surface area (Å²) in [5.41, 5.74) is 0.986. The maximum Gasteiger partial charge on any atom is 0.335 e. The molecule has 2 aromatic carbocycles. The van der Waals surface area contributed by atoms with Crippen LogP contribution in [0.15, 0.2) is 64.1 Å². The van der Waals surface area contributed by atoms with Crippen LogP contribution < -0.4 is 19.5 Å². The Morgan fingerprint density at radius 1 is 1.06 bits per heavy atom. The number of carbonyl (C=O) groups is 1. The molecule has 0 fully saturated rings. The van der Waals surface area contributed by atoms with Crippen molar-refractivity contribution in [3.8, 4) is 11.5 Å². The first-order valence-electron chi connectivity index (χ1n) is 9.68. The number of anilines is 1. The van der Waals surface area contributed by atoms with Gasteiger partial charge in [-0.25, -0.2) is 17.9 Å².